The number of hydrogen-bond acceptors (Lipinski definition) is 7. The molecule has 9 heteroatoms. The third-order valence-corrected chi connectivity index (χ3v) is 2.57. The summed E-state index contributed by atoms with van der Waals surface area (Å²) >= 11 is 0. The number of nitrogens with zero attached hydrogens (tertiary/aromatic N) is 3. The number of carbonyl (C=O) groups is 1. The van der Waals surface area contributed by atoms with Gasteiger partial charge in [0.25, 0.3) is 0 Å². The van der Waals surface area contributed by atoms with Crippen LogP contribution in [-0.2, 0) is 12.6 Å². The van der Waals surface area contributed by atoms with Crippen molar-refractivity contribution in [3.05, 3.63) is 40.4 Å². The van der Waals surface area contributed by atoms with Crippen LogP contribution in [0.1, 0.15) is 30.2 Å². The largest absolute Gasteiger partial charge is 0.494 e. The quantitative estimate of drug-likeness (QED) is 0.829. The minimum atomic E-state index is -1.08. The predicted octanol–water partition coefficient (Wildman–Crippen LogP) is 0.355. The first-order valence-electron chi connectivity index (χ1n) is 6.22. The number of hydrogen-bond donors (Lipinski definition) is 2. The highest BCUT2D eigenvalue weighted by molar-refractivity contribution is 5.88. The summed E-state index contributed by atoms with van der Waals surface area (Å²) in [7, 11) is 2.98. The molecular weight excluding hydrogens is 292 g/mol. The first-order valence-corrected chi connectivity index (χ1v) is 6.22. The van der Waals surface area contributed by atoms with E-state index in [1.165, 1.54) is 17.9 Å². The van der Waals surface area contributed by atoms with E-state index in [2.05, 4.69) is 14.7 Å². The average Bonchev–Trinajstić information content (AvgIpc) is 2.79. The third kappa shape index (κ3) is 4.16. The van der Waals surface area contributed by atoms with Gasteiger partial charge in [-0.25, -0.2) is 14.6 Å². The Balaban J connectivity index is 0.000000220. The second kappa shape index (κ2) is 6.85. The molecule has 0 radical (unpaired) electrons. The number of rotatable bonds is 3. The molecule has 0 aliphatic heterocycles. The summed E-state index contributed by atoms with van der Waals surface area (Å²) in [5.41, 5.74) is 4.99. The number of methoxy groups -OCH3 is 1. The summed E-state index contributed by atoms with van der Waals surface area (Å²) in [6.45, 7) is 3.51. The molecule has 2 aromatic rings. The van der Waals surface area contributed by atoms with Crippen molar-refractivity contribution in [2.75, 3.05) is 7.11 Å². The zero-order valence-electron chi connectivity index (χ0n) is 12.7. The molecule has 0 aliphatic carbocycles. The van der Waals surface area contributed by atoms with Gasteiger partial charge in [-0.05, 0) is 26.0 Å². The number of aromatic carboxylic acids is 1. The van der Waals surface area contributed by atoms with Gasteiger partial charge in [0.15, 0.2) is 17.3 Å². The fraction of sp³-hybridized carbons (Fsp3) is 0.385. The van der Waals surface area contributed by atoms with Crippen LogP contribution in [0, 0.1) is 0 Å². The van der Waals surface area contributed by atoms with E-state index in [-0.39, 0.29) is 11.4 Å². The summed E-state index contributed by atoms with van der Waals surface area (Å²) in [5, 5.41) is 12.1. The molecular formula is C13H18N4O5. The van der Waals surface area contributed by atoms with Crippen LogP contribution in [0.4, 0.5) is 0 Å². The first kappa shape index (κ1) is 17.4. The van der Waals surface area contributed by atoms with E-state index in [9.17, 15) is 9.59 Å². The molecule has 0 spiro atoms. The maximum absolute atomic E-state index is 10.8. The zero-order valence-corrected chi connectivity index (χ0v) is 12.7. The molecule has 0 aromatic carbocycles. The fourth-order valence-electron chi connectivity index (χ4n) is 1.56. The van der Waals surface area contributed by atoms with Crippen LogP contribution < -0.4 is 16.2 Å². The van der Waals surface area contributed by atoms with Crippen LogP contribution in [0.3, 0.4) is 0 Å². The summed E-state index contributed by atoms with van der Waals surface area (Å²) in [5.74, 6) is -0.844. The van der Waals surface area contributed by atoms with Gasteiger partial charge >= 0.3 is 11.7 Å². The molecule has 2 aromatic heterocycles. The Morgan fingerprint density at radius 1 is 1.50 bits per heavy atom. The molecule has 2 heterocycles. The molecule has 0 fully saturated rings. The first-order chi connectivity index (χ1) is 10.2. The van der Waals surface area contributed by atoms with E-state index < -0.39 is 17.3 Å². The lowest BCUT2D eigenvalue weighted by molar-refractivity contribution is 0.0686. The molecule has 0 bridgehead atoms. The van der Waals surface area contributed by atoms with Gasteiger partial charge in [0.1, 0.15) is 0 Å². The minimum absolute atomic E-state index is 0.0602. The summed E-state index contributed by atoms with van der Waals surface area (Å²) < 4.78 is 10.5. The van der Waals surface area contributed by atoms with Gasteiger partial charge in [-0.2, -0.15) is 0 Å². The number of carboxylic acid groups (broad SMARTS) is 1. The average molecular weight is 310 g/mol. The van der Waals surface area contributed by atoms with Gasteiger partial charge in [-0.3, -0.25) is 9.09 Å². The second-order valence-electron chi connectivity index (χ2n) is 4.91. The van der Waals surface area contributed by atoms with E-state index in [1.54, 1.807) is 33.0 Å². The Hall–Kier alpha value is -2.68. The Bertz CT molecular complexity index is 699. The fourth-order valence-corrected chi connectivity index (χ4v) is 1.56. The lowest BCUT2D eigenvalue weighted by atomic mass is 10.1. The van der Waals surface area contributed by atoms with Crippen LogP contribution in [0.15, 0.2) is 27.6 Å². The minimum Gasteiger partial charge on any atom is -0.494 e. The zero-order chi connectivity index (χ0) is 16.9. The molecule has 0 atom stereocenters. The van der Waals surface area contributed by atoms with Crippen LogP contribution in [-0.4, -0.2) is 32.9 Å². The number of carboxylic acids is 1. The molecule has 9 nitrogen and oxygen atoms in total. The maximum atomic E-state index is 10.8. The normalized spacial score (nSPS) is 10.6. The molecule has 120 valence electrons. The standard InChI is InChI=1S/C7H7NO3.C6H11N3O2/c1-11-5-3-2-4-8-6(5)7(9)10;1-6(2,7)4-8-11-5(10)9(4)3/h2-4H,1H3,(H,9,10);7H2,1-3H3. The highest BCUT2D eigenvalue weighted by Crippen LogP contribution is 2.13. The van der Waals surface area contributed by atoms with Gasteiger partial charge in [0, 0.05) is 13.2 Å². The highest BCUT2D eigenvalue weighted by Gasteiger charge is 2.22. The van der Waals surface area contributed by atoms with Crippen molar-refractivity contribution in [1.82, 2.24) is 14.7 Å². The molecule has 0 unspecified atom stereocenters. The van der Waals surface area contributed by atoms with Gasteiger partial charge in [-0.1, -0.05) is 5.16 Å². The Kier molecular flexibility index (Phi) is 5.41. The number of pyridine rings is 1. The van der Waals surface area contributed by atoms with Crippen LogP contribution >= 0.6 is 0 Å². The van der Waals surface area contributed by atoms with Crippen LogP contribution in [0.2, 0.25) is 0 Å². The van der Waals surface area contributed by atoms with E-state index in [4.69, 9.17) is 15.6 Å². The van der Waals surface area contributed by atoms with Crippen molar-refractivity contribution in [1.29, 1.82) is 0 Å². The molecule has 0 aliphatic rings. The summed E-state index contributed by atoms with van der Waals surface area (Å²) in [6, 6.07) is 3.17. The van der Waals surface area contributed by atoms with Gasteiger partial charge in [-0.15, -0.1) is 0 Å². The summed E-state index contributed by atoms with van der Waals surface area (Å²) in [4.78, 5) is 24.8. The van der Waals surface area contributed by atoms with Crippen LogP contribution in [0.25, 0.3) is 0 Å². The molecule has 0 saturated carbocycles. The number of ether oxygens (including phenoxy) is 1. The monoisotopic (exact) mass is 310 g/mol. The van der Waals surface area contributed by atoms with E-state index >= 15 is 0 Å². The van der Waals surface area contributed by atoms with Gasteiger partial charge in [0.05, 0.1) is 12.6 Å². The molecule has 2 rings (SSSR count). The van der Waals surface area contributed by atoms with Crippen molar-refractivity contribution >= 4 is 5.97 Å². The Labute approximate surface area is 126 Å². The molecule has 0 saturated heterocycles. The van der Waals surface area contributed by atoms with Crippen molar-refractivity contribution in [2.24, 2.45) is 12.8 Å². The van der Waals surface area contributed by atoms with Crippen molar-refractivity contribution in [2.45, 2.75) is 19.4 Å². The Morgan fingerprint density at radius 3 is 2.45 bits per heavy atom. The van der Waals surface area contributed by atoms with Crippen molar-refractivity contribution < 1.29 is 19.2 Å². The van der Waals surface area contributed by atoms with Crippen molar-refractivity contribution in [3.63, 3.8) is 0 Å². The lowest BCUT2D eigenvalue weighted by Gasteiger charge is -2.14. The van der Waals surface area contributed by atoms with Crippen LogP contribution in [0.5, 0.6) is 5.75 Å². The lowest BCUT2D eigenvalue weighted by Crippen LogP contribution is -2.33. The van der Waals surface area contributed by atoms with Gasteiger partial charge in [0.2, 0.25) is 0 Å². The third-order valence-electron chi connectivity index (χ3n) is 2.57. The highest BCUT2D eigenvalue weighted by atomic mass is 16.5. The molecule has 0 amide bonds. The number of nitrogens with two attached hydrogens (primary N) is 1. The SMILES string of the molecule is COc1cccnc1C(=O)O.Cn1c(C(C)(C)N)noc1=O. The van der Waals surface area contributed by atoms with E-state index in [0.29, 0.717) is 5.82 Å². The maximum Gasteiger partial charge on any atom is 0.441 e. The molecule has 3 N–H and O–H groups in total. The topological polar surface area (TPSA) is 133 Å². The van der Waals surface area contributed by atoms with Crippen molar-refractivity contribution in [3.8, 4) is 5.75 Å². The molecule has 22 heavy (non-hydrogen) atoms. The smallest absolute Gasteiger partial charge is 0.441 e. The Morgan fingerprint density at radius 2 is 2.14 bits per heavy atom. The van der Waals surface area contributed by atoms with E-state index in [1.807, 2.05) is 0 Å². The predicted molar refractivity (Wildman–Crippen MR) is 76.7 cm³/mol. The number of aromatic nitrogens is 3. The van der Waals surface area contributed by atoms with E-state index in [0.717, 1.165) is 0 Å². The summed E-state index contributed by atoms with van der Waals surface area (Å²) in [6.07, 6.45) is 1.41. The second-order valence-corrected chi connectivity index (χ2v) is 4.91. The van der Waals surface area contributed by atoms with Gasteiger partial charge < -0.3 is 15.6 Å².